The number of hydrogen-bond donors (Lipinski definition) is 0. The van der Waals surface area contributed by atoms with Gasteiger partial charge < -0.3 is 14.2 Å². The van der Waals surface area contributed by atoms with Gasteiger partial charge in [-0.15, -0.1) is 5.10 Å². The second kappa shape index (κ2) is 8.73. The van der Waals surface area contributed by atoms with Gasteiger partial charge >= 0.3 is 0 Å². The number of methoxy groups -OCH3 is 1. The molecular formula is C29H28N4O4. The highest BCUT2D eigenvalue weighted by molar-refractivity contribution is 6.00. The summed E-state index contributed by atoms with van der Waals surface area (Å²) in [5.74, 6) is 2.86. The predicted molar refractivity (Wildman–Crippen MR) is 137 cm³/mol. The number of aryl methyl sites for hydroxylation is 1. The Hall–Kier alpha value is -4.20. The van der Waals surface area contributed by atoms with Gasteiger partial charge in [0.05, 0.1) is 12.7 Å². The molecule has 2 aromatic heterocycles. The van der Waals surface area contributed by atoms with E-state index in [0.29, 0.717) is 41.5 Å². The van der Waals surface area contributed by atoms with Crippen LogP contribution in [0.4, 0.5) is 0 Å². The normalized spacial score (nSPS) is 18.3. The molecule has 0 N–H and O–H groups in total. The lowest BCUT2D eigenvalue weighted by Crippen LogP contribution is -2.33. The molecule has 0 saturated heterocycles. The first-order valence-electron chi connectivity index (χ1n) is 12.3. The van der Waals surface area contributed by atoms with E-state index in [1.54, 1.807) is 18.0 Å². The minimum absolute atomic E-state index is 0.0853. The van der Waals surface area contributed by atoms with Crippen LogP contribution in [0.5, 0.6) is 17.4 Å². The van der Waals surface area contributed by atoms with E-state index in [2.05, 4.69) is 23.9 Å². The monoisotopic (exact) mass is 496 g/mol. The van der Waals surface area contributed by atoms with Gasteiger partial charge in [-0.3, -0.25) is 4.79 Å². The Morgan fingerprint density at radius 2 is 1.78 bits per heavy atom. The zero-order valence-electron chi connectivity index (χ0n) is 21.3. The highest BCUT2D eigenvalue weighted by Gasteiger charge is 2.44. The molecule has 8 nitrogen and oxygen atoms in total. The first-order valence-corrected chi connectivity index (χ1v) is 12.3. The van der Waals surface area contributed by atoms with Gasteiger partial charge in [0.1, 0.15) is 30.2 Å². The van der Waals surface area contributed by atoms with Gasteiger partial charge in [-0.2, -0.15) is 0 Å². The third kappa shape index (κ3) is 4.22. The molecule has 37 heavy (non-hydrogen) atoms. The van der Waals surface area contributed by atoms with Crippen LogP contribution < -0.4 is 14.2 Å². The summed E-state index contributed by atoms with van der Waals surface area (Å²) in [5, 5.41) is 4.60. The number of aromatic nitrogens is 4. The SMILES string of the molecule is COc1ccc([C@H]2C3=C(CC(C)(C)CC3=O)Oc3ncn4nc(COc5ccc(C)cc5)nc4c32)cc1. The topological polar surface area (TPSA) is 87.8 Å². The van der Waals surface area contributed by atoms with Crippen molar-refractivity contribution < 1.29 is 19.0 Å². The molecule has 1 aliphatic carbocycles. The van der Waals surface area contributed by atoms with Gasteiger partial charge in [0, 0.05) is 24.3 Å². The number of carbonyl (C=O) groups excluding carboxylic acids is 1. The van der Waals surface area contributed by atoms with E-state index < -0.39 is 0 Å². The number of nitrogens with zero attached hydrogens (tertiary/aromatic N) is 4. The first-order chi connectivity index (χ1) is 17.8. The maximum atomic E-state index is 13.5. The summed E-state index contributed by atoms with van der Waals surface area (Å²) < 4.78 is 19.2. The molecule has 0 unspecified atom stereocenters. The Labute approximate surface area is 214 Å². The number of Topliss-reactive ketones (excluding diaryl/α,β-unsaturated/α-hetero) is 1. The molecule has 0 saturated carbocycles. The fourth-order valence-corrected chi connectivity index (χ4v) is 5.16. The van der Waals surface area contributed by atoms with Gasteiger partial charge in [0.15, 0.2) is 17.3 Å². The molecule has 1 atom stereocenters. The summed E-state index contributed by atoms with van der Waals surface area (Å²) in [6.45, 7) is 6.41. The number of rotatable bonds is 5. The quantitative estimate of drug-likeness (QED) is 0.376. The van der Waals surface area contributed by atoms with E-state index in [-0.39, 0.29) is 23.7 Å². The lowest BCUT2D eigenvalue weighted by atomic mass is 9.70. The second-order valence-electron chi connectivity index (χ2n) is 10.4. The zero-order chi connectivity index (χ0) is 25.7. The van der Waals surface area contributed by atoms with E-state index in [1.165, 1.54) is 0 Å². The van der Waals surface area contributed by atoms with Crippen LogP contribution in [0.2, 0.25) is 0 Å². The lowest BCUT2D eigenvalue weighted by molar-refractivity contribution is -0.118. The van der Waals surface area contributed by atoms with Crippen LogP contribution in [0.25, 0.3) is 5.65 Å². The molecule has 8 heteroatoms. The number of ether oxygens (including phenoxy) is 3. The van der Waals surface area contributed by atoms with Crippen molar-refractivity contribution in [2.75, 3.05) is 7.11 Å². The summed E-state index contributed by atoms with van der Waals surface area (Å²) in [4.78, 5) is 22.9. The molecule has 3 heterocycles. The molecule has 0 radical (unpaired) electrons. The van der Waals surface area contributed by atoms with Crippen LogP contribution in [0.1, 0.15) is 55.1 Å². The average Bonchev–Trinajstić information content (AvgIpc) is 3.30. The number of fused-ring (bicyclic) bond motifs is 3. The van der Waals surface area contributed by atoms with Crippen LogP contribution in [-0.2, 0) is 11.4 Å². The van der Waals surface area contributed by atoms with Crippen molar-refractivity contribution >= 4 is 11.4 Å². The van der Waals surface area contributed by atoms with E-state index in [4.69, 9.17) is 19.2 Å². The highest BCUT2D eigenvalue weighted by Crippen LogP contribution is 2.50. The van der Waals surface area contributed by atoms with Crippen molar-refractivity contribution in [3.63, 3.8) is 0 Å². The Bertz CT molecular complexity index is 1530. The van der Waals surface area contributed by atoms with Crippen LogP contribution in [0, 0.1) is 12.3 Å². The zero-order valence-corrected chi connectivity index (χ0v) is 21.3. The smallest absolute Gasteiger partial charge is 0.228 e. The third-order valence-electron chi connectivity index (χ3n) is 6.95. The van der Waals surface area contributed by atoms with E-state index in [1.807, 2.05) is 55.5 Å². The molecular weight excluding hydrogens is 468 g/mol. The van der Waals surface area contributed by atoms with Gasteiger partial charge in [-0.1, -0.05) is 43.7 Å². The number of allylic oxidation sites excluding steroid dienone is 2. The van der Waals surface area contributed by atoms with Gasteiger partial charge in [0.2, 0.25) is 5.88 Å². The fourth-order valence-electron chi connectivity index (χ4n) is 5.16. The molecule has 2 aliphatic rings. The highest BCUT2D eigenvalue weighted by atomic mass is 16.5. The molecule has 1 aliphatic heterocycles. The van der Waals surface area contributed by atoms with Crippen LogP contribution in [0.3, 0.4) is 0 Å². The lowest BCUT2D eigenvalue weighted by Gasteiger charge is -2.37. The molecule has 0 fully saturated rings. The maximum absolute atomic E-state index is 13.5. The Morgan fingerprint density at radius 3 is 2.51 bits per heavy atom. The van der Waals surface area contributed by atoms with Crippen molar-refractivity contribution in [3.05, 3.63) is 88.7 Å². The van der Waals surface area contributed by atoms with Gasteiger partial charge in [-0.05, 0) is 42.2 Å². The van der Waals surface area contributed by atoms with Crippen molar-refractivity contribution in [2.24, 2.45) is 5.41 Å². The van der Waals surface area contributed by atoms with Gasteiger partial charge in [0.25, 0.3) is 0 Å². The summed E-state index contributed by atoms with van der Waals surface area (Å²) in [6.07, 6.45) is 2.72. The Balaban J connectivity index is 1.45. The van der Waals surface area contributed by atoms with Crippen LogP contribution in [-0.4, -0.2) is 32.5 Å². The molecule has 6 rings (SSSR count). The molecule has 0 bridgehead atoms. The Morgan fingerprint density at radius 1 is 1.05 bits per heavy atom. The number of carbonyl (C=O) groups is 1. The largest absolute Gasteiger partial charge is 0.497 e. The van der Waals surface area contributed by atoms with Crippen molar-refractivity contribution in [2.45, 2.75) is 46.1 Å². The minimum Gasteiger partial charge on any atom is -0.497 e. The number of benzene rings is 2. The van der Waals surface area contributed by atoms with Crippen LogP contribution in [0.15, 0.2) is 66.2 Å². The predicted octanol–water partition coefficient (Wildman–Crippen LogP) is 5.19. The minimum atomic E-state index is -0.375. The molecule has 0 amide bonds. The van der Waals surface area contributed by atoms with Crippen molar-refractivity contribution in [1.29, 1.82) is 0 Å². The van der Waals surface area contributed by atoms with E-state index >= 15 is 0 Å². The average molecular weight is 497 g/mol. The molecule has 188 valence electrons. The third-order valence-corrected chi connectivity index (χ3v) is 6.95. The van der Waals surface area contributed by atoms with E-state index in [0.717, 1.165) is 28.2 Å². The van der Waals surface area contributed by atoms with E-state index in [9.17, 15) is 4.79 Å². The van der Waals surface area contributed by atoms with Crippen molar-refractivity contribution in [1.82, 2.24) is 19.6 Å². The number of ketones is 1. The summed E-state index contributed by atoms with van der Waals surface area (Å²) in [7, 11) is 1.63. The van der Waals surface area contributed by atoms with Crippen LogP contribution >= 0.6 is 0 Å². The second-order valence-corrected chi connectivity index (χ2v) is 10.4. The Kier molecular flexibility index (Phi) is 5.47. The standard InChI is InChI=1S/C29H28N4O4/c1-17-5-9-20(10-6-17)36-15-23-31-27-26-24(18-7-11-19(35-4)12-8-18)25-21(34)13-29(2,3)14-22(25)37-28(26)30-16-33(27)32-23/h5-12,16,24H,13-15H2,1-4H3/t24-/m0/s1. The molecule has 4 aromatic rings. The fraction of sp³-hybridized carbons (Fsp3) is 0.310. The number of hydrogen-bond acceptors (Lipinski definition) is 7. The first kappa shape index (κ1) is 23.2. The summed E-state index contributed by atoms with van der Waals surface area (Å²) >= 11 is 0. The van der Waals surface area contributed by atoms with Gasteiger partial charge in [-0.25, -0.2) is 14.5 Å². The maximum Gasteiger partial charge on any atom is 0.228 e. The summed E-state index contributed by atoms with van der Waals surface area (Å²) in [5.41, 5.74) is 3.92. The van der Waals surface area contributed by atoms with Crippen molar-refractivity contribution in [3.8, 4) is 17.4 Å². The summed E-state index contributed by atoms with van der Waals surface area (Å²) in [6, 6.07) is 15.6. The molecule has 2 aromatic carbocycles. The molecule has 0 spiro atoms.